The topological polar surface area (TPSA) is 77.1 Å². The van der Waals surface area contributed by atoms with Crippen LogP contribution in [-0.4, -0.2) is 21.7 Å². The van der Waals surface area contributed by atoms with Crippen LogP contribution in [0, 0.1) is 6.92 Å². The van der Waals surface area contributed by atoms with E-state index in [-0.39, 0.29) is 12.5 Å². The van der Waals surface area contributed by atoms with Crippen molar-refractivity contribution in [1.82, 2.24) is 9.55 Å². The van der Waals surface area contributed by atoms with E-state index >= 15 is 0 Å². The number of benzene rings is 2. The Hall–Kier alpha value is -3.06. The van der Waals surface area contributed by atoms with Crippen molar-refractivity contribution < 1.29 is 9.21 Å². The Morgan fingerprint density at radius 3 is 2.86 bits per heavy atom. The number of hydrogen-bond donors (Lipinski definition) is 1. The first-order chi connectivity index (χ1) is 13.5. The van der Waals surface area contributed by atoms with Crippen molar-refractivity contribution in [2.75, 3.05) is 11.6 Å². The van der Waals surface area contributed by atoms with E-state index in [9.17, 15) is 9.59 Å². The first-order valence-corrected chi connectivity index (χ1v) is 10.2. The van der Waals surface area contributed by atoms with Crippen LogP contribution in [0.3, 0.4) is 0 Å². The molecule has 0 radical (unpaired) electrons. The average Bonchev–Trinajstić information content (AvgIpc) is 2.99. The van der Waals surface area contributed by atoms with Crippen LogP contribution in [0.1, 0.15) is 11.4 Å². The highest BCUT2D eigenvalue weighted by Gasteiger charge is 2.14. The minimum absolute atomic E-state index is 0.159. The van der Waals surface area contributed by atoms with E-state index in [1.54, 1.807) is 17.8 Å². The normalized spacial score (nSPS) is 11.2. The van der Waals surface area contributed by atoms with Gasteiger partial charge in [-0.15, -0.1) is 0 Å². The van der Waals surface area contributed by atoms with E-state index in [4.69, 9.17) is 4.42 Å². The first-order valence-electron chi connectivity index (χ1n) is 8.82. The number of carbonyl (C=O) groups is 1. The molecule has 0 fully saturated rings. The van der Waals surface area contributed by atoms with Gasteiger partial charge in [0.2, 0.25) is 5.91 Å². The van der Waals surface area contributed by atoms with Crippen LogP contribution in [0.25, 0.3) is 22.0 Å². The molecule has 0 unspecified atom stereocenters. The fraction of sp³-hybridized carbons (Fsp3) is 0.190. The Morgan fingerprint density at radius 1 is 1.21 bits per heavy atom. The maximum absolute atomic E-state index is 12.7. The summed E-state index contributed by atoms with van der Waals surface area (Å²) in [5, 5.41) is 3.74. The van der Waals surface area contributed by atoms with Gasteiger partial charge in [0.15, 0.2) is 0 Å². The highest BCUT2D eigenvalue weighted by atomic mass is 32.2. The quantitative estimate of drug-likeness (QED) is 0.520. The minimum atomic E-state index is -0.403. The molecule has 28 heavy (non-hydrogen) atoms. The van der Waals surface area contributed by atoms with E-state index in [0.717, 1.165) is 33.6 Å². The Balaban J connectivity index is 1.61. The molecule has 0 atom stereocenters. The SMILES string of the molecule is CSCc1nc2ccccc2n1CC(=O)Nc1ccc2c(C)cc(=O)oc2c1. The highest BCUT2D eigenvalue weighted by molar-refractivity contribution is 7.97. The van der Waals surface area contributed by atoms with E-state index < -0.39 is 5.63 Å². The largest absolute Gasteiger partial charge is 0.423 e. The predicted octanol–water partition coefficient (Wildman–Crippen LogP) is 3.95. The lowest BCUT2D eigenvalue weighted by molar-refractivity contribution is -0.116. The molecule has 0 bridgehead atoms. The number of amides is 1. The van der Waals surface area contributed by atoms with Crippen LogP contribution in [-0.2, 0) is 17.1 Å². The maximum Gasteiger partial charge on any atom is 0.336 e. The van der Waals surface area contributed by atoms with E-state index in [1.165, 1.54) is 6.07 Å². The molecule has 0 aliphatic carbocycles. The molecule has 2 aromatic heterocycles. The van der Waals surface area contributed by atoms with Crippen molar-refractivity contribution in [1.29, 1.82) is 0 Å². The number of anilines is 1. The van der Waals surface area contributed by atoms with E-state index in [0.29, 0.717) is 11.3 Å². The Labute approximate surface area is 165 Å². The monoisotopic (exact) mass is 393 g/mol. The highest BCUT2D eigenvalue weighted by Crippen LogP contribution is 2.22. The molecule has 142 valence electrons. The number of imidazole rings is 1. The second kappa shape index (κ2) is 7.52. The van der Waals surface area contributed by atoms with Crippen molar-refractivity contribution in [2.24, 2.45) is 0 Å². The summed E-state index contributed by atoms with van der Waals surface area (Å²) in [6, 6.07) is 14.6. The van der Waals surface area contributed by atoms with Crippen molar-refractivity contribution >= 4 is 45.4 Å². The number of nitrogens with zero attached hydrogens (tertiary/aromatic N) is 2. The Morgan fingerprint density at radius 2 is 2.04 bits per heavy atom. The molecule has 0 aliphatic heterocycles. The molecule has 1 N–H and O–H groups in total. The van der Waals surface area contributed by atoms with Crippen molar-refractivity contribution in [3.05, 3.63) is 70.3 Å². The van der Waals surface area contributed by atoms with Gasteiger partial charge in [0.25, 0.3) is 0 Å². The van der Waals surface area contributed by atoms with Gasteiger partial charge in [0, 0.05) is 23.2 Å². The van der Waals surface area contributed by atoms with Gasteiger partial charge in [-0.2, -0.15) is 11.8 Å². The minimum Gasteiger partial charge on any atom is -0.423 e. The van der Waals surface area contributed by atoms with Crippen molar-refractivity contribution in [3.63, 3.8) is 0 Å². The number of rotatable bonds is 5. The Bertz CT molecular complexity index is 1240. The van der Waals surface area contributed by atoms with E-state index in [1.807, 2.05) is 54.1 Å². The van der Waals surface area contributed by atoms with Gasteiger partial charge < -0.3 is 14.3 Å². The summed E-state index contributed by atoms with van der Waals surface area (Å²) >= 11 is 1.66. The fourth-order valence-corrected chi connectivity index (χ4v) is 3.77. The molecule has 2 aromatic carbocycles. The molecule has 0 saturated carbocycles. The van der Waals surface area contributed by atoms with Crippen LogP contribution < -0.4 is 10.9 Å². The summed E-state index contributed by atoms with van der Waals surface area (Å²) in [4.78, 5) is 28.9. The summed E-state index contributed by atoms with van der Waals surface area (Å²) in [5.74, 6) is 1.42. The number of hydrogen-bond acceptors (Lipinski definition) is 5. The first kappa shape index (κ1) is 18.3. The zero-order chi connectivity index (χ0) is 19.7. The molecule has 0 aliphatic rings. The zero-order valence-corrected chi connectivity index (χ0v) is 16.4. The van der Waals surface area contributed by atoms with E-state index in [2.05, 4.69) is 10.3 Å². The number of aryl methyl sites for hydroxylation is 1. The summed E-state index contributed by atoms with van der Waals surface area (Å²) in [6.07, 6.45) is 2.01. The van der Waals surface area contributed by atoms with Gasteiger partial charge in [-0.1, -0.05) is 12.1 Å². The van der Waals surface area contributed by atoms with Gasteiger partial charge in [-0.05, 0) is 43.0 Å². The van der Waals surface area contributed by atoms with Crippen LogP contribution in [0.4, 0.5) is 5.69 Å². The Kier molecular flexibility index (Phi) is 4.92. The van der Waals surface area contributed by atoms with Crippen LogP contribution in [0.15, 0.2) is 57.7 Å². The second-order valence-corrected chi connectivity index (χ2v) is 7.41. The van der Waals surface area contributed by atoms with Crippen molar-refractivity contribution in [2.45, 2.75) is 19.2 Å². The molecule has 0 spiro atoms. The molecular formula is C21H19N3O3S. The predicted molar refractivity (Wildman–Crippen MR) is 113 cm³/mol. The third-order valence-corrected chi connectivity index (χ3v) is 5.09. The van der Waals surface area contributed by atoms with Crippen molar-refractivity contribution in [3.8, 4) is 0 Å². The lowest BCUT2D eigenvalue weighted by atomic mass is 10.1. The molecule has 1 amide bonds. The van der Waals surface area contributed by atoms with Crippen LogP contribution in [0.2, 0.25) is 0 Å². The lowest BCUT2D eigenvalue weighted by Crippen LogP contribution is -2.20. The third-order valence-electron chi connectivity index (χ3n) is 4.54. The number of para-hydroxylation sites is 2. The maximum atomic E-state index is 12.7. The molecule has 4 rings (SSSR count). The second-order valence-electron chi connectivity index (χ2n) is 6.54. The van der Waals surface area contributed by atoms with Crippen LogP contribution >= 0.6 is 11.8 Å². The van der Waals surface area contributed by atoms with Gasteiger partial charge in [0.05, 0.1) is 16.8 Å². The number of aromatic nitrogens is 2. The average molecular weight is 393 g/mol. The summed E-state index contributed by atoms with van der Waals surface area (Å²) in [7, 11) is 0. The molecule has 6 nitrogen and oxygen atoms in total. The van der Waals surface area contributed by atoms with Crippen LogP contribution in [0.5, 0.6) is 0 Å². The lowest BCUT2D eigenvalue weighted by Gasteiger charge is -2.10. The molecule has 2 heterocycles. The van der Waals surface area contributed by atoms with Gasteiger partial charge in [-0.3, -0.25) is 4.79 Å². The summed E-state index contributed by atoms with van der Waals surface area (Å²) in [5.41, 5.74) is 3.29. The number of nitrogens with one attached hydrogen (secondary N) is 1. The number of fused-ring (bicyclic) bond motifs is 2. The molecule has 7 heteroatoms. The van der Waals surface area contributed by atoms with Gasteiger partial charge >= 0.3 is 5.63 Å². The summed E-state index contributed by atoms with van der Waals surface area (Å²) in [6.45, 7) is 2.02. The molecule has 4 aromatic rings. The smallest absolute Gasteiger partial charge is 0.336 e. The number of carbonyl (C=O) groups excluding carboxylic acids is 1. The summed E-state index contributed by atoms with van der Waals surface area (Å²) < 4.78 is 7.19. The number of thioether (sulfide) groups is 1. The third kappa shape index (κ3) is 3.53. The fourth-order valence-electron chi connectivity index (χ4n) is 3.29. The molecular weight excluding hydrogens is 374 g/mol. The molecule has 0 saturated heterocycles. The van der Waals surface area contributed by atoms with Gasteiger partial charge in [-0.25, -0.2) is 9.78 Å². The standard InChI is InChI=1S/C21H19N3O3S/c1-13-9-21(26)27-18-10-14(7-8-15(13)18)22-20(25)11-24-17-6-4-3-5-16(17)23-19(24)12-28-2/h3-10H,11-12H2,1-2H3,(H,22,25). The van der Waals surface area contributed by atoms with Gasteiger partial charge in [0.1, 0.15) is 18.0 Å². The zero-order valence-electron chi connectivity index (χ0n) is 15.6.